The van der Waals surface area contributed by atoms with E-state index in [4.69, 9.17) is 4.98 Å². The van der Waals surface area contributed by atoms with Crippen molar-refractivity contribution in [2.75, 3.05) is 6.54 Å². The highest BCUT2D eigenvalue weighted by Crippen LogP contribution is 2.18. The monoisotopic (exact) mass is 335 g/mol. The quantitative estimate of drug-likeness (QED) is 0.662. The number of rotatable bonds is 7. The lowest BCUT2D eigenvalue weighted by Gasteiger charge is -2.12. The maximum atomic E-state index is 12.1. The molecular weight excluding hydrogens is 310 g/mol. The zero-order valence-electron chi connectivity index (χ0n) is 14.9. The van der Waals surface area contributed by atoms with Crippen LogP contribution in [-0.4, -0.2) is 22.0 Å². The van der Waals surface area contributed by atoms with E-state index in [1.807, 2.05) is 36.4 Å². The number of aromatic nitrogens is 2. The van der Waals surface area contributed by atoms with Crippen molar-refractivity contribution in [3.8, 4) is 0 Å². The number of amides is 1. The van der Waals surface area contributed by atoms with Gasteiger partial charge in [-0.05, 0) is 36.6 Å². The molecule has 4 heteroatoms. The van der Waals surface area contributed by atoms with E-state index in [0.717, 1.165) is 30.7 Å². The third kappa shape index (κ3) is 4.27. The van der Waals surface area contributed by atoms with Crippen LogP contribution in [-0.2, 0) is 13.0 Å². The third-order valence-electron chi connectivity index (χ3n) is 4.18. The van der Waals surface area contributed by atoms with Crippen LogP contribution in [0.25, 0.3) is 11.0 Å². The molecule has 1 heterocycles. The van der Waals surface area contributed by atoms with E-state index in [1.54, 1.807) is 0 Å². The van der Waals surface area contributed by atoms with Crippen molar-refractivity contribution in [2.24, 2.45) is 5.92 Å². The van der Waals surface area contributed by atoms with Crippen LogP contribution >= 0.6 is 0 Å². The number of hydrogen-bond acceptors (Lipinski definition) is 2. The molecule has 0 aliphatic carbocycles. The highest BCUT2D eigenvalue weighted by Gasteiger charge is 2.11. The largest absolute Gasteiger partial charge is 0.352 e. The molecule has 0 aliphatic rings. The number of nitrogens with zero attached hydrogens (tertiary/aromatic N) is 2. The van der Waals surface area contributed by atoms with Crippen LogP contribution in [0.4, 0.5) is 0 Å². The molecule has 25 heavy (non-hydrogen) atoms. The van der Waals surface area contributed by atoms with Gasteiger partial charge in [-0.15, -0.1) is 0 Å². The van der Waals surface area contributed by atoms with Crippen molar-refractivity contribution in [3.63, 3.8) is 0 Å². The van der Waals surface area contributed by atoms with E-state index >= 15 is 0 Å². The molecule has 0 saturated heterocycles. The van der Waals surface area contributed by atoms with Gasteiger partial charge in [0.2, 0.25) is 0 Å². The molecule has 4 nitrogen and oxygen atoms in total. The van der Waals surface area contributed by atoms with Gasteiger partial charge in [-0.3, -0.25) is 4.79 Å². The van der Waals surface area contributed by atoms with Crippen LogP contribution < -0.4 is 5.32 Å². The molecule has 1 N–H and O–H groups in total. The van der Waals surface area contributed by atoms with Crippen LogP contribution in [0.15, 0.2) is 54.6 Å². The van der Waals surface area contributed by atoms with Gasteiger partial charge >= 0.3 is 0 Å². The Morgan fingerprint density at radius 3 is 2.56 bits per heavy atom. The lowest BCUT2D eigenvalue weighted by atomic mass is 10.2. The average Bonchev–Trinajstić information content (AvgIpc) is 2.96. The van der Waals surface area contributed by atoms with Crippen molar-refractivity contribution in [2.45, 2.75) is 33.2 Å². The van der Waals surface area contributed by atoms with Gasteiger partial charge in [0.1, 0.15) is 5.82 Å². The minimum absolute atomic E-state index is 0.0173. The zero-order valence-corrected chi connectivity index (χ0v) is 14.9. The molecule has 0 atom stereocenters. The Hall–Kier alpha value is -2.62. The first-order valence-electron chi connectivity index (χ1n) is 8.92. The van der Waals surface area contributed by atoms with Crippen LogP contribution in [0.3, 0.4) is 0 Å². The van der Waals surface area contributed by atoms with Crippen molar-refractivity contribution in [1.82, 2.24) is 14.9 Å². The lowest BCUT2D eigenvalue weighted by Crippen LogP contribution is -2.25. The van der Waals surface area contributed by atoms with Gasteiger partial charge in [0.15, 0.2) is 0 Å². The van der Waals surface area contributed by atoms with Crippen molar-refractivity contribution in [3.05, 3.63) is 66.0 Å². The first-order chi connectivity index (χ1) is 12.1. The van der Waals surface area contributed by atoms with Crippen LogP contribution in [0.2, 0.25) is 0 Å². The predicted molar refractivity (Wildman–Crippen MR) is 102 cm³/mol. The molecule has 0 radical (unpaired) electrons. The fourth-order valence-electron chi connectivity index (χ4n) is 3.03. The summed E-state index contributed by atoms with van der Waals surface area (Å²) in [5.41, 5.74) is 2.94. The summed E-state index contributed by atoms with van der Waals surface area (Å²) in [5, 5.41) is 2.99. The van der Waals surface area contributed by atoms with Crippen molar-refractivity contribution < 1.29 is 4.79 Å². The predicted octanol–water partition coefficient (Wildman–Crippen LogP) is 4.05. The van der Waals surface area contributed by atoms with E-state index in [2.05, 4.69) is 41.9 Å². The SMILES string of the molecule is CC(C)Cn1c(CCCNC(=O)c2ccccc2)nc2ccccc21. The van der Waals surface area contributed by atoms with Crippen molar-refractivity contribution >= 4 is 16.9 Å². The summed E-state index contributed by atoms with van der Waals surface area (Å²) in [6.45, 7) is 6.06. The number of fused-ring (bicyclic) bond motifs is 1. The smallest absolute Gasteiger partial charge is 0.251 e. The number of para-hydroxylation sites is 2. The first kappa shape index (κ1) is 17.2. The normalized spacial score (nSPS) is 11.2. The van der Waals surface area contributed by atoms with Crippen LogP contribution in [0.5, 0.6) is 0 Å². The number of nitrogens with one attached hydrogen (secondary N) is 1. The first-order valence-corrected chi connectivity index (χ1v) is 8.92. The standard InChI is InChI=1S/C21H25N3O/c1-16(2)15-24-19-12-7-6-11-18(19)23-20(24)13-8-14-22-21(25)17-9-4-3-5-10-17/h3-7,9-12,16H,8,13-15H2,1-2H3,(H,22,25). The third-order valence-corrected chi connectivity index (χ3v) is 4.18. The molecule has 3 rings (SSSR count). The maximum absolute atomic E-state index is 12.1. The summed E-state index contributed by atoms with van der Waals surface area (Å²) in [6, 6.07) is 17.6. The molecular formula is C21H25N3O. The molecule has 0 spiro atoms. The molecule has 0 saturated carbocycles. The fraction of sp³-hybridized carbons (Fsp3) is 0.333. The molecule has 130 valence electrons. The second-order valence-corrected chi connectivity index (χ2v) is 6.75. The van der Waals surface area contributed by atoms with E-state index in [9.17, 15) is 4.79 Å². The second-order valence-electron chi connectivity index (χ2n) is 6.75. The van der Waals surface area contributed by atoms with Gasteiger partial charge in [-0.25, -0.2) is 4.98 Å². The Morgan fingerprint density at radius 2 is 1.80 bits per heavy atom. The van der Waals surface area contributed by atoms with E-state index < -0.39 is 0 Å². The molecule has 1 aromatic heterocycles. The summed E-state index contributed by atoms with van der Waals surface area (Å²) < 4.78 is 2.32. The Kier molecular flexibility index (Phi) is 5.49. The van der Waals surface area contributed by atoms with Gasteiger partial charge in [-0.2, -0.15) is 0 Å². The minimum Gasteiger partial charge on any atom is -0.352 e. The van der Waals surface area contributed by atoms with E-state index in [-0.39, 0.29) is 5.91 Å². The molecule has 0 aliphatic heterocycles. The van der Waals surface area contributed by atoms with Gasteiger partial charge < -0.3 is 9.88 Å². The molecule has 1 amide bonds. The number of benzene rings is 2. The van der Waals surface area contributed by atoms with Gasteiger partial charge in [0.25, 0.3) is 5.91 Å². The Bertz CT molecular complexity index is 837. The Balaban J connectivity index is 1.62. The van der Waals surface area contributed by atoms with Crippen LogP contribution in [0, 0.1) is 5.92 Å². The summed E-state index contributed by atoms with van der Waals surface area (Å²) in [7, 11) is 0. The summed E-state index contributed by atoms with van der Waals surface area (Å²) >= 11 is 0. The minimum atomic E-state index is -0.0173. The second kappa shape index (κ2) is 7.97. The Labute approximate surface area is 148 Å². The number of aryl methyl sites for hydroxylation is 1. The van der Waals surface area contributed by atoms with E-state index in [1.165, 1.54) is 5.52 Å². The molecule has 0 unspecified atom stereocenters. The number of carbonyl (C=O) groups is 1. The fourth-order valence-corrected chi connectivity index (χ4v) is 3.03. The zero-order chi connectivity index (χ0) is 17.6. The highest BCUT2D eigenvalue weighted by atomic mass is 16.1. The van der Waals surface area contributed by atoms with Gasteiger partial charge in [0, 0.05) is 25.1 Å². The highest BCUT2D eigenvalue weighted by molar-refractivity contribution is 5.94. The van der Waals surface area contributed by atoms with Crippen molar-refractivity contribution in [1.29, 1.82) is 0 Å². The van der Waals surface area contributed by atoms with Gasteiger partial charge in [-0.1, -0.05) is 44.2 Å². The summed E-state index contributed by atoms with van der Waals surface area (Å²) in [5.74, 6) is 1.65. The molecule has 0 bridgehead atoms. The lowest BCUT2D eigenvalue weighted by molar-refractivity contribution is 0.0953. The summed E-state index contributed by atoms with van der Waals surface area (Å²) in [6.07, 6.45) is 1.73. The number of imidazole rings is 1. The van der Waals surface area contributed by atoms with E-state index in [0.29, 0.717) is 18.0 Å². The molecule has 2 aromatic carbocycles. The molecule has 3 aromatic rings. The number of hydrogen-bond donors (Lipinski definition) is 1. The average molecular weight is 335 g/mol. The number of carbonyl (C=O) groups excluding carboxylic acids is 1. The van der Waals surface area contributed by atoms with Crippen LogP contribution in [0.1, 0.15) is 36.5 Å². The molecule has 0 fully saturated rings. The topological polar surface area (TPSA) is 46.9 Å². The summed E-state index contributed by atoms with van der Waals surface area (Å²) in [4.78, 5) is 16.9. The van der Waals surface area contributed by atoms with Gasteiger partial charge in [0.05, 0.1) is 11.0 Å². The maximum Gasteiger partial charge on any atom is 0.251 e. The Morgan fingerprint density at radius 1 is 1.08 bits per heavy atom.